The molecule has 0 aliphatic rings. The van der Waals surface area contributed by atoms with Gasteiger partial charge in [0.05, 0.1) is 12.1 Å². The van der Waals surface area contributed by atoms with E-state index in [2.05, 4.69) is 11.4 Å². The van der Waals surface area contributed by atoms with Gasteiger partial charge >= 0.3 is 0 Å². The van der Waals surface area contributed by atoms with E-state index in [1.165, 1.54) is 5.56 Å². The molecular formula is C13H18N2O. The van der Waals surface area contributed by atoms with Crippen molar-refractivity contribution < 1.29 is 4.74 Å². The normalized spacial score (nSPS) is 11.8. The van der Waals surface area contributed by atoms with Gasteiger partial charge in [0, 0.05) is 6.54 Å². The fourth-order valence-electron chi connectivity index (χ4n) is 1.39. The minimum Gasteiger partial charge on any atom is -0.492 e. The van der Waals surface area contributed by atoms with Gasteiger partial charge in [-0.15, -0.1) is 0 Å². The molecule has 0 saturated carbocycles. The highest BCUT2D eigenvalue weighted by Gasteiger charge is 2.01. The molecule has 0 heterocycles. The van der Waals surface area contributed by atoms with Gasteiger partial charge in [0.2, 0.25) is 0 Å². The van der Waals surface area contributed by atoms with Crippen LogP contribution in [0.4, 0.5) is 0 Å². The number of ether oxygens (including phenoxy) is 1. The second-order valence-electron chi connectivity index (χ2n) is 3.71. The maximum absolute atomic E-state index is 8.73. The molecule has 1 atom stereocenters. The van der Waals surface area contributed by atoms with Crippen LogP contribution in [-0.4, -0.2) is 19.2 Å². The molecule has 0 amide bonds. The van der Waals surface area contributed by atoms with Crippen molar-refractivity contribution >= 4 is 0 Å². The Morgan fingerprint density at radius 2 is 2.31 bits per heavy atom. The molecule has 1 aromatic carbocycles. The molecule has 1 aromatic rings. The number of rotatable bonds is 6. The van der Waals surface area contributed by atoms with Gasteiger partial charge in [-0.05, 0) is 31.0 Å². The van der Waals surface area contributed by atoms with Crippen LogP contribution in [0.15, 0.2) is 24.3 Å². The minimum absolute atomic E-state index is 0.0684. The second kappa shape index (κ2) is 6.86. The van der Waals surface area contributed by atoms with Crippen LogP contribution >= 0.6 is 0 Å². The van der Waals surface area contributed by atoms with Crippen molar-refractivity contribution in [3.63, 3.8) is 0 Å². The first kappa shape index (κ1) is 12.5. The first-order valence-corrected chi connectivity index (χ1v) is 5.58. The fraction of sp³-hybridized carbons (Fsp3) is 0.462. The third-order valence-electron chi connectivity index (χ3n) is 2.32. The number of nitriles is 1. The molecule has 3 heteroatoms. The van der Waals surface area contributed by atoms with Gasteiger partial charge in [-0.3, -0.25) is 5.32 Å². The standard InChI is InChI=1S/C13H18N2O/c1-3-12(10-14)15-7-8-16-13-6-4-5-11(2)9-13/h4-6,9,12,15H,3,7-8H2,1-2H3. The zero-order valence-corrected chi connectivity index (χ0v) is 9.86. The zero-order valence-electron chi connectivity index (χ0n) is 9.86. The second-order valence-corrected chi connectivity index (χ2v) is 3.71. The van der Waals surface area contributed by atoms with Crippen molar-refractivity contribution in [2.45, 2.75) is 26.3 Å². The number of aryl methyl sites for hydroxylation is 1. The number of hydrogen-bond acceptors (Lipinski definition) is 3. The quantitative estimate of drug-likeness (QED) is 0.745. The highest BCUT2D eigenvalue weighted by Crippen LogP contribution is 2.11. The van der Waals surface area contributed by atoms with Gasteiger partial charge in [0.1, 0.15) is 12.4 Å². The van der Waals surface area contributed by atoms with Crippen LogP contribution in [0.5, 0.6) is 5.75 Å². The third kappa shape index (κ3) is 4.33. The van der Waals surface area contributed by atoms with Crippen LogP contribution in [-0.2, 0) is 0 Å². The van der Waals surface area contributed by atoms with E-state index in [1.54, 1.807) is 0 Å². The van der Waals surface area contributed by atoms with Crippen molar-refractivity contribution in [3.8, 4) is 11.8 Å². The monoisotopic (exact) mass is 218 g/mol. The molecule has 0 aliphatic heterocycles. The van der Waals surface area contributed by atoms with E-state index in [0.717, 1.165) is 12.2 Å². The van der Waals surface area contributed by atoms with E-state index in [1.807, 2.05) is 38.1 Å². The molecule has 0 radical (unpaired) electrons. The number of benzene rings is 1. The lowest BCUT2D eigenvalue weighted by Gasteiger charge is -2.10. The molecule has 16 heavy (non-hydrogen) atoms. The Morgan fingerprint density at radius 3 is 2.94 bits per heavy atom. The maximum atomic E-state index is 8.73. The Morgan fingerprint density at radius 1 is 1.50 bits per heavy atom. The average Bonchev–Trinajstić information content (AvgIpc) is 2.29. The Kier molecular flexibility index (Phi) is 5.38. The molecule has 1 rings (SSSR count). The van der Waals surface area contributed by atoms with Crippen LogP contribution < -0.4 is 10.1 Å². The summed E-state index contributed by atoms with van der Waals surface area (Å²) in [5, 5.41) is 11.8. The summed E-state index contributed by atoms with van der Waals surface area (Å²) in [4.78, 5) is 0. The molecule has 1 unspecified atom stereocenters. The Balaban J connectivity index is 2.24. The van der Waals surface area contributed by atoms with Gasteiger partial charge in [-0.2, -0.15) is 5.26 Å². The fourth-order valence-corrected chi connectivity index (χ4v) is 1.39. The summed E-state index contributed by atoms with van der Waals surface area (Å²) < 4.78 is 5.55. The lowest BCUT2D eigenvalue weighted by atomic mass is 10.2. The van der Waals surface area contributed by atoms with Crippen molar-refractivity contribution in [2.75, 3.05) is 13.2 Å². The first-order chi connectivity index (χ1) is 7.76. The summed E-state index contributed by atoms with van der Waals surface area (Å²) in [6.45, 7) is 5.30. The topological polar surface area (TPSA) is 45.0 Å². The van der Waals surface area contributed by atoms with E-state index in [-0.39, 0.29) is 6.04 Å². The van der Waals surface area contributed by atoms with E-state index in [0.29, 0.717) is 13.2 Å². The van der Waals surface area contributed by atoms with Crippen molar-refractivity contribution in [3.05, 3.63) is 29.8 Å². The van der Waals surface area contributed by atoms with Crippen molar-refractivity contribution in [1.29, 1.82) is 5.26 Å². The summed E-state index contributed by atoms with van der Waals surface area (Å²) in [7, 11) is 0. The predicted octanol–water partition coefficient (Wildman–Crippen LogP) is 2.27. The SMILES string of the molecule is CCC(C#N)NCCOc1cccc(C)c1. The van der Waals surface area contributed by atoms with Gasteiger partial charge in [0.25, 0.3) is 0 Å². The lowest BCUT2D eigenvalue weighted by Crippen LogP contribution is -2.30. The van der Waals surface area contributed by atoms with Crippen LogP contribution in [0.25, 0.3) is 0 Å². The van der Waals surface area contributed by atoms with Crippen molar-refractivity contribution in [1.82, 2.24) is 5.32 Å². The Labute approximate surface area is 97.0 Å². The highest BCUT2D eigenvalue weighted by atomic mass is 16.5. The molecule has 86 valence electrons. The minimum atomic E-state index is -0.0684. The molecule has 1 N–H and O–H groups in total. The molecule has 0 bridgehead atoms. The number of hydrogen-bond donors (Lipinski definition) is 1. The summed E-state index contributed by atoms with van der Waals surface area (Å²) in [5.74, 6) is 0.881. The Bertz CT molecular complexity index is 357. The molecule has 0 saturated heterocycles. The van der Waals surface area contributed by atoms with Crippen LogP contribution in [0, 0.1) is 18.3 Å². The third-order valence-corrected chi connectivity index (χ3v) is 2.32. The predicted molar refractivity (Wildman–Crippen MR) is 64.4 cm³/mol. The molecular weight excluding hydrogens is 200 g/mol. The summed E-state index contributed by atoms with van der Waals surface area (Å²) in [6, 6.07) is 10.1. The molecule has 0 spiro atoms. The van der Waals surface area contributed by atoms with Crippen LogP contribution in [0.2, 0.25) is 0 Å². The van der Waals surface area contributed by atoms with E-state index >= 15 is 0 Å². The van der Waals surface area contributed by atoms with E-state index < -0.39 is 0 Å². The van der Waals surface area contributed by atoms with Crippen LogP contribution in [0.3, 0.4) is 0 Å². The molecule has 0 aromatic heterocycles. The molecule has 0 fully saturated rings. The Hall–Kier alpha value is -1.53. The largest absolute Gasteiger partial charge is 0.492 e. The van der Waals surface area contributed by atoms with E-state index in [4.69, 9.17) is 10.00 Å². The summed E-state index contributed by atoms with van der Waals surface area (Å²) >= 11 is 0. The average molecular weight is 218 g/mol. The zero-order chi connectivity index (χ0) is 11.8. The van der Waals surface area contributed by atoms with Gasteiger partial charge in [-0.1, -0.05) is 19.1 Å². The summed E-state index contributed by atoms with van der Waals surface area (Å²) in [6.07, 6.45) is 0.820. The van der Waals surface area contributed by atoms with Gasteiger partial charge in [-0.25, -0.2) is 0 Å². The highest BCUT2D eigenvalue weighted by molar-refractivity contribution is 5.27. The lowest BCUT2D eigenvalue weighted by molar-refractivity contribution is 0.309. The van der Waals surface area contributed by atoms with Crippen LogP contribution in [0.1, 0.15) is 18.9 Å². The van der Waals surface area contributed by atoms with E-state index in [9.17, 15) is 0 Å². The maximum Gasteiger partial charge on any atom is 0.119 e. The number of nitrogens with one attached hydrogen (secondary N) is 1. The summed E-state index contributed by atoms with van der Waals surface area (Å²) in [5.41, 5.74) is 1.19. The number of nitrogens with zero attached hydrogens (tertiary/aromatic N) is 1. The van der Waals surface area contributed by atoms with Crippen molar-refractivity contribution in [2.24, 2.45) is 0 Å². The van der Waals surface area contributed by atoms with Gasteiger partial charge in [0.15, 0.2) is 0 Å². The first-order valence-electron chi connectivity index (χ1n) is 5.58. The molecule has 3 nitrogen and oxygen atoms in total. The smallest absolute Gasteiger partial charge is 0.119 e. The molecule has 0 aliphatic carbocycles. The van der Waals surface area contributed by atoms with Gasteiger partial charge < -0.3 is 4.74 Å².